The maximum atomic E-state index is 12.5. The summed E-state index contributed by atoms with van der Waals surface area (Å²) in [6.07, 6.45) is 4.85. The first-order valence-corrected chi connectivity index (χ1v) is 9.10. The van der Waals surface area contributed by atoms with Crippen molar-refractivity contribution in [3.63, 3.8) is 0 Å². The van der Waals surface area contributed by atoms with Gasteiger partial charge in [-0.1, -0.05) is 31.0 Å². The van der Waals surface area contributed by atoms with E-state index in [9.17, 15) is 4.79 Å². The monoisotopic (exact) mass is 316 g/mol. The second kappa shape index (κ2) is 7.35. The molecule has 3 rings (SSSR count). The van der Waals surface area contributed by atoms with Gasteiger partial charge in [0.1, 0.15) is 0 Å². The van der Waals surface area contributed by atoms with E-state index in [-0.39, 0.29) is 11.9 Å². The van der Waals surface area contributed by atoms with Gasteiger partial charge in [0.05, 0.1) is 26.2 Å². The molecule has 0 spiro atoms. The molecule has 1 amide bonds. The minimum absolute atomic E-state index is 0.0645. The van der Waals surface area contributed by atoms with Crippen LogP contribution in [0.2, 0.25) is 0 Å². The Morgan fingerprint density at radius 3 is 2.52 bits per heavy atom. The first-order valence-electron chi connectivity index (χ1n) is 9.10. The maximum Gasteiger partial charge on any atom is 0.278 e. The molecule has 1 aliphatic carbocycles. The summed E-state index contributed by atoms with van der Waals surface area (Å²) in [7, 11) is 0. The number of nitrogens with zero attached hydrogens (tertiary/aromatic N) is 1. The number of anilines is 1. The summed E-state index contributed by atoms with van der Waals surface area (Å²) in [5, 5.41) is 3.25. The van der Waals surface area contributed by atoms with Gasteiger partial charge in [-0.05, 0) is 38.3 Å². The van der Waals surface area contributed by atoms with Gasteiger partial charge in [-0.25, -0.2) is 0 Å². The van der Waals surface area contributed by atoms with Gasteiger partial charge in [-0.2, -0.15) is 0 Å². The molecule has 1 saturated carbocycles. The Hall–Kier alpha value is -1.55. The lowest BCUT2D eigenvalue weighted by atomic mass is 10.1. The first kappa shape index (κ1) is 16.3. The number of rotatable bonds is 4. The fraction of sp³-hybridized carbons (Fsp3) is 0.632. The van der Waals surface area contributed by atoms with Gasteiger partial charge in [-0.15, -0.1) is 0 Å². The van der Waals surface area contributed by atoms with E-state index in [0.29, 0.717) is 6.04 Å². The van der Waals surface area contributed by atoms with Crippen molar-refractivity contribution in [2.75, 3.05) is 31.1 Å². The van der Waals surface area contributed by atoms with Crippen LogP contribution in [0.4, 0.5) is 5.69 Å². The van der Waals surface area contributed by atoms with Crippen molar-refractivity contribution in [1.82, 2.24) is 5.32 Å². The van der Waals surface area contributed by atoms with Crippen LogP contribution in [0.3, 0.4) is 0 Å². The Balaban J connectivity index is 1.51. The molecule has 23 heavy (non-hydrogen) atoms. The van der Waals surface area contributed by atoms with Gasteiger partial charge in [0.2, 0.25) is 0 Å². The van der Waals surface area contributed by atoms with Gasteiger partial charge < -0.3 is 15.1 Å². The van der Waals surface area contributed by atoms with Gasteiger partial charge >= 0.3 is 0 Å². The number of aryl methyl sites for hydroxylation is 1. The van der Waals surface area contributed by atoms with Crippen molar-refractivity contribution in [2.24, 2.45) is 0 Å². The third-order valence-electron chi connectivity index (χ3n) is 5.57. The highest BCUT2D eigenvalue weighted by Gasteiger charge is 2.31. The summed E-state index contributed by atoms with van der Waals surface area (Å²) in [6, 6.07) is 9.07. The summed E-state index contributed by atoms with van der Waals surface area (Å²) in [5.74, 6) is 0.247. The van der Waals surface area contributed by atoms with Crippen molar-refractivity contribution in [2.45, 2.75) is 51.6 Å². The highest BCUT2D eigenvalue weighted by molar-refractivity contribution is 5.80. The lowest BCUT2D eigenvalue weighted by molar-refractivity contribution is -0.914. The Kier molecular flexibility index (Phi) is 5.21. The molecule has 4 nitrogen and oxygen atoms in total. The molecule has 1 saturated heterocycles. The Morgan fingerprint density at radius 2 is 1.87 bits per heavy atom. The minimum atomic E-state index is 0.0645. The van der Waals surface area contributed by atoms with E-state index >= 15 is 0 Å². The number of benzene rings is 1. The molecule has 1 aromatic carbocycles. The molecule has 126 valence electrons. The summed E-state index contributed by atoms with van der Waals surface area (Å²) in [6.45, 7) is 8.39. The fourth-order valence-electron chi connectivity index (χ4n) is 3.97. The van der Waals surface area contributed by atoms with Crippen molar-refractivity contribution in [1.29, 1.82) is 0 Å². The number of nitrogens with one attached hydrogen (secondary N) is 2. The average Bonchev–Trinajstić information content (AvgIpc) is 3.08. The van der Waals surface area contributed by atoms with Crippen molar-refractivity contribution >= 4 is 11.6 Å². The molecule has 4 heteroatoms. The van der Waals surface area contributed by atoms with Gasteiger partial charge in [-0.3, -0.25) is 4.79 Å². The molecule has 0 aromatic heterocycles. The molecular weight excluding hydrogens is 286 g/mol. The predicted molar refractivity (Wildman–Crippen MR) is 93.9 cm³/mol. The first-order chi connectivity index (χ1) is 11.1. The zero-order valence-electron chi connectivity index (χ0n) is 14.5. The summed E-state index contributed by atoms with van der Waals surface area (Å²) in [5.41, 5.74) is 2.68. The third-order valence-corrected chi connectivity index (χ3v) is 5.57. The van der Waals surface area contributed by atoms with E-state index in [4.69, 9.17) is 0 Å². The van der Waals surface area contributed by atoms with Crippen LogP contribution in [-0.2, 0) is 4.79 Å². The number of hydrogen-bond donors (Lipinski definition) is 2. The Labute approximate surface area is 139 Å². The number of quaternary nitrogens is 1. The topological polar surface area (TPSA) is 36.8 Å². The predicted octanol–water partition coefficient (Wildman–Crippen LogP) is 1.15. The number of amides is 1. The SMILES string of the molecule is Cc1ccccc1N1CC[NH+]([C@H](C)C(=O)NC2CCCC2)CC1. The fourth-order valence-corrected chi connectivity index (χ4v) is 3.97. The molecule has 0 unspecified atom stereocenters. The van der Waals surface area contributed by atoms with Crippen LogP contribution >= 0.6 is 0 Å². The van der Waals surface area contributed by atoms with E-state index in [2.05, 4.69) is 48.3 Å². The zero-order valence-corrected chi connectivity index (χ0v) is 14.5. The summed E-state index contributed by atoms with van der Waals surface area (Å²) in [4.78, 5) is 16.3. The van der Waals surface area contributed by atoms with Gasteiger partial charge in [0.25, 0.3) is 5.91 Å². The van der Waals surface area contributed by atoms with Crippen molar-refractivity contribution < 1.29 is 9.69 Å². The van der Waals surface area contributed by atoms with E-state index in [0.717, 1.165) is 39.0 Å². The molecule has 2 fully saturated rings. The minimum Gasteiger partial charge on any atom is -0.360 e. The van der Waals surface area contributed by atoms with Crippen LogP contribution in [0.15, 0.2) is 24.3 Å². The quantitative estimate of drug-likeness (QED) is 0.874. The standard InChI is InChI=1S/C19H29N3O/c1-15-7-3-6-10-18(15)22-13-11-21(12-14-22)16(2)19(23)20-17-8-4-5-9-17/h3,6-7,10,16-17H,4-5,8-9,11-14H2,1-2H3,(H,20,23)/p+1/t16-/m1/s1. The highest BCUT2D eigenvalue weighted by Crippen LogP contribution is 2.19. The van der Waals surface area contributed by atoms with Gasteiger partial charge in [0.15, 0.2) is 6.04 Å². The largest absolute Gasteiger partial charge is 0.360 e. The molecular formula is C19H30N3O+. The normalized spacial score (nSPS) is 21.4. The molecule has 1 aromatic rings. The zero-order chi connectivity index (χ0) is 16.2. The second-order valence-electron chi connectivity index (χ2n) is 7.14. The van der Waals surface area contributed by atoms with Crippen molar-refractivity contribution in [3.8, 4) is 0 Å². The highest BCUT2D eigenvalue weighted by atomic mass is 16.2. The molecule has 1 aliphatic heterocycles. The Bertz CT molecular complexity index is 531. The van der Waals surface area contributed by atoms with Crippen LogP contribution in [0.25, 0.3) is 0 Å². The smallest absolute Gasteiger partial charge is 0.278 e. The number of carbonyl (C=O) groups excluding carboxylic acids is 1. The number of piperazine rings is 1. The molecule has 1 heterocycles. The van der Waals surface area contributed by atoms with E-state index in [1.165, 1.54) is 29.0 Å². The molecule has 2 aliphatic rings. The molecule has 2 N–H and O–H groups in total. The molecule has 1 atom stereocenters. The molecule has 0 radical (unpaired) electrons. The summed E-state index contributed by atoms with van der Waals surface area (Å²) >= 11 is 0. The molecule has 0 bridgehead atoms. The second-order valence-corrected chi connectivity index (χ2v) is 7.14. The Morgan fingerprint density at radius 1 is 1.22 bits per heavy atom. The van der Waals surface area contributed by atoms with E-state index < -0.39 is 0 Å². The van der Waals surface area contributed by atoms with Crippen LogP contribution in [-0.4, -0.2) is 44.2 Å². The number of hydrogen-bond acceptors (Lipinski definition) is 2. The number of para-hydroxylation sites is 1. The average molecular weight is 316 g/mol. The van der Waals surface area contributed by atoms with Crippen LogP contribution in [0.5, 0.6) is 0 Å². The van der Waals surface area contributed by atoms with E-state index in [1.54, 1.807) is 0 Å². The van der Waals surface area contributed by atoms with Crippen LogP contribution in [0.1, 0.15) is 38.2 Å². The summed E-state index contributed by atoms with van der Waals surface area (Å²) < 4.78 is 0. The van der Waals surface area contributed by atoms with Crippen LogP contribution < -0.4 is 15.1 Å². The number of carbonyl (C=O) groups is 1. The maximum absolute atomic E-state index is 12.5. The third kappa shape index (κ3) is 3.86. The lowest BCUT2D eigenvalue weighted by Crippen LogP contribution is -3.19. The van der Waals surface area contributed by atoms with Crippen LogP contribution in [0, 0.1) is 6.92 Å². The van der Waals surface area contributed by atoms with E-state index in [1.807, 2.05) is 0 Å². The van der Waals surface area contributed by atoms with Gasteiger partial charge in [0, 0.05) is 11.7 Å². The van der Waals surface area contributed by atoms with Crippen molar-refractivity contribution in [3.05, 3.63) is 29.8 Å². The lowest BCUT2D eigenvalue weighted by Gasteiger charge is -2.36.